The summed E-state index contributed by atoms with van der Waals surface area (Å²) >= 11 is 0. The van der Waals surface area contributed by atoms with Gasteiger partial charge >= 0.3 is 0 Å². The van der Waals surface area contributed by atoms with E-state index in [4.69, 9.17) is 15.0 Å². The van der Waals surface area contributed by atoms with Gasteiger partial charge in [0.05, 0.1) is 0 Å². The van der Waals surface area contributed by atoms with Crippen molar-refractivity contribution in [1.29, 1.82) is 0 Å². The first-order valence-electron chi connectivity index (χ1n) is 5.46. The van der Waals surface area contributed by atoms with E-state index in [9.17, 15) is 0 Å². The minimum atomic E-state index is 0.0517. The molecule has 0 bridgehead atoms. The van der Waals surface area contributed by atoms with E-state index in [2.05, 4.69) is 30.9 Å². The highest BCUT2D eigenvalue weighted by Crippen LogP contribution is 2.21. The second kappa shape index (κ2) is 5.41. The topological polar surface area (TPSA) is 74.2 Å². The van der Waals surface area contributed by atoms with E-state index in [1.165, 1.54) is 0 Å². The highest BCUT2D eigenvalue weighted by molar-refractivity contribution is 4.88. The van der Waals surface area contributed by atoms with Crippen LogP contribution in [0, 0.1) is 5.41 Å². The molecule has 0 radical (unpaired) electrons. The molecule has 0 saturated heterocycles. The van der Waals surface area contributed by atoms with Crippen molar-refractivity contribution in [2.45, 2.75) is 46.3 Å². The van der Waals surface area contributed by atoms with Crippen molar-refractivity contribution >= 4 is 0 Å². The number of aromatic nitrogens is 2. The molecule has 5 heteroatoms. The molecule has 0 fully saturated rings. The summed E-state index contributed by atoms with van der Waals surface area (Å²) in [6, 6.07) is 0.0517. The molecule has 0 aliphatic heterocycles. The summed E-state index contributed by atoms with van der Waals surface area (Å²) in [5.74, 6) is 1.16. The molecule has 5 nitrogen and oxygen atoms in total. The van der Waals surface area contributed by atoms with Gasteiger partial charge < -0.3 is 15.0 Å². The van der Waals surface area contributed by atoms with Crippen LogP contribution in [-0.2, 0) is 17.8 Å². The van der Waals surface area contributed by atoms with Gasteiger partial charge in [-0.2, -0.15) is 4.98 Å². The Hall–Kier alpha value is -0.940. The van der Waals surface area contributed by atoms with Crippen LogP contribution in [0.25, 0.3) is 0 Å². The molecule has 1 unspecified atom stereocenters. The minimum absolute atomic E-state index is 0.0517. The summed E-state index contributed by atoms with van der Waals surface area (Å²) in [7, 11) is 1.60. The minimum Gasteiger partial charge on any atom is -0.377 e. The number of nitrogens with two attached hydrogens (primary N) is 1. The average molecular weight is 227 g/mol. The predicted molar refractivity (Wildman–Crippen MR) is 60.8 cm³/mol. The molecule has 0 saturated carbocycles. The molecule has 1 rings (SSSR count). The zero-order valence-corrected chi connectivity index (χ0v) is 10.5. The van der Waals surface area contributed by atoms with E-state index in [0.717, 1.165) is 6.42 Å². The van der Waals surface area contributed by atoms with Crippen LogP contribution in [0.4, 0.5) is 0 Å². The van der Waals surface area contributed by atoms with Crippen LogP contribution >= 0.6 is 0 Å². The Balaban J connectivity index is 2.46. The first-order valence-corrected chi connectivity index (χ1v) is 5.46. The lowest BCUT2D eigenvalue weighted by Gasteiger charge is -2.21. The highest BCUT2D eigenvalue weighted by atomic mass is 16.5. The van der Waals surface area contributed by atoms with Crippen molar-refractivity contribution in [2.75, 3.05) is 7.11 Å². The van der Waals surface area contributed by atoms with E-state index in [0.29, 0.717) is 24.7 Å². The molecule has 0 aliphatic rings. The molecule has 1 aromatic heterocycles. The van der Waals surface area contributed by atoms with E-state index < -0.39 is 0 Å². The monoisotopic (exact) mass is 227 g/mol. The molecular weight excluding hydrogens is 206 g/mol. The second-order valence-corrected chi connectivity index (χ2v) is 5.27. The van der Waals surface area contributed by atoms with Crippen molar-refractivity contribution in [3.8, 4) is 0 Å². The van der Waals surface area contributed by atoms with Gasteiger partial charge in [-0.25, -0.2) is 0 Å². The molecule has 2 N–H and O–H groups in total. The summed E-state index contributed by atoms with van der Waals surface area (Å²) in [5.41, 5.74) is 6.23. The molecular formula is C11H21N3O2. The summed E-state index contributed by atoms with van der Waals surface area (Å²) in [6.45, 7) is 6.86. The Bertz CT molecular complexity index is 317. The number of hydrogen-bond donors (Lipinski definition) is 1. The van der Waals surface area contributed by atoms with Crippen molar-refractivity contribution in [2.24, 2.45) is 11.1 Å². The van der Waals surface area contributed by atoms with Crippen molar-refractivity contribution in [1.82, 2.24) is 10.1 Å². The van der Waals surface area contributed by atoms with Gasteiger partial charge in [-0.3, -0.25) is 0 Å². The summed E-state index contributed by atoms with van der Waals surface area (Å²) < 4.78 is 9.99. The maximum atomic E-state index is 6.02. The third-order valence-electron chi connectivity index (χ3n) is 2.09. The van der Waals surface area contributed by atoms with Crippen LogP contribution in [0.1, 0.15) is 38.9 Å². The fourth-order valence-corrected chi connectivity index (χ4v) is 1.64. The zero-order valence-electron chi connectivity index (χ0n) is 10.5. The lowest BCUT2D eigenvalue weighted by molar-refractivity contribution is 0.174. The van der Waals surface area contributed by atoms with Crippen LogP contribution in [0.3, 0.4) is 0 Å². The normalized spacial score (nSPS) is 14.1. The molecule has 0 aromatic carbocycles. The van der Waals surface area contributed by atoms with Gasteiger partial charge in [-0.05, 0) is 11.8 Å². The fourth-order valence-electron chi connectivity index (χ4n) is 1.64. The number of nitrogens with zero attached hydrogens (tertiary/aromatic N) is 2. The zero-order chi connectivity index (χ0) is 12.2. The number of ether oxygens (including phenoxy) is 1. The summed E-state index contributed by atoms with van der Waals surface area (Å²) in [5, 5.41) is 3.79. The Morgan fingerprint density at radius 2 is 2.12 bits per heavy atom. The number of methoxy groups -OCH3 is 1. The number of rotatable bonds is 5. The Morgan fingerprint density at radius 1 is 1.44 bits per heavy atom. The van der Waals surface area contributed by atoms with E-state index in [-0.39, 0.29) is 11.5 Å². The van der Waals surface area contributed by atoms with Gasteiger partial charge in [-0.15, -0.1) is 0 Å². The van der Waals surface area contributed by atoms with E-state index in [1.54, 1.807) is 7.11 Å². The Morgan fingerprint density at radius 3 is 2.69 bits per heavy atom. The quantitative estimate of drug-likeness (QED) is 0.825. The molecule has 1 aromatic rings. The van der Waals surface area contributed by atoms with Gasteiger partial charge in [-0.1, -0.05) is 25.9 Å². The molecule has 1 atom stereocenters. The Kier molecular flexibility index (Phi) is 4.44. The third kappa shape index (κ3) is 4.72. The molecule has 1 heterocycles. The standard InChI is InChI=1S/C11H21N3O2/c1-11(2,3)6-8(12)5-10-13-9(7-15-4)14-16-10/h8H,5-7,12H2,1-4H3. The first kappa shape index (κ1) is 13.1. The van der Waals surface area contributed by atoms with E-state index >= 15 is 0 Å². The van der Waals surface area contributed by atoms with E-state index in [1.807, 2.05) is 0 Å². The predicted octanol–water partition coefficient (Wildman–Crippen LogP) is 1.52. The van der Waals surface area contributed by atoms with Crippen LogP contribution in [0.2, 0.25) is 0 Å². The average Bonchev–Trinajstić information content (AvgIpc) is 2.49. The third-order valence-corrected chi connectivity index (χ3v) is 2.09. The molecule has 92 valence electrons. The van der Waals surface area contributed by atoms with Gasteiger partial charge in [0, 0.05) is 19.6 Å². The van der Waals surface area contributed by atoms with Gasteiger partial charge in [0.2, 0.25) is 5.89 Å². The van der Waals surface area contributed by atoms with Crippen LogP contribution in [0.5, 0.6) is 0 Å². The molecule has 0 aliphatic carbocycles. The van der Waals surface area contributed by atoms with Crippen LogP contribution < -0.4 is 5.73 Å². The summed E-state index contributed by atoms with van der Waals surface area (Å²) in [4.78, 5) is 4.19. The van der Waals surface area contributed by atoms with Crippen LogP contribution in [0.15, 0.2) is 4.52 Å². The SMILES string of the molecule is COCc1noc(CC(N)CC(C)(C)C)n1. The fraction of sp³-hybridized carbons (Fsp3) is 0.818. The van der Waals surface area contributed by atoms with Crippen molar-refractivity contribution < 1.29 is 9.26 Å². The molecule has 0 spiro atoms. The smallest absolute Gasteiger partial charge is 0.228 e. The summed E-state index contributed by atoms with van der Waals surface area (Å²) in [6.07, 6.45) is 1.54. The second-order valence-electron chi connectivity index (χ2n) is 5.27. The molecule has 0 amide bonds. The van der Waals surface area contributed by atoms with Crippen molar-refractivity contribution in [3.05, 3.63) is 11.7 Å². The highest BCUT2D eigenvalue weighted by Gasteiger charge is 2.18. The lowest BCUT2D eigenvalue weighted by Crippen LogP contribution is -2.28. The van der Waals surface area contributed by atoms with Crippen LogP contribution in [-0.4, -0.2) is 23.3 Å². The van der Waals surface area contributed by atoms with Gasteiger partial charge in [0.1, 0.15) is 6.61 Å². The van der Waals surface area contributed by atoms with Gasteiger partial charge in [0.15, 0.2) is 5.82 Å². The maximum absolute atomic E-state index is 6.02. The molecule has 16 heavy (non-hydrogen) atoms. The first-order chi connectivity index (χ1) is 7.40. The largest absolute Gasteiger partial charge is 0.377 e. The van der Waals surface area contributed by atoms with Crippen molar-refractivity contribution in [3.63, 3.8) is 0 Å². The van der Waals surface area contributed by atoms with Gasteiger partial charge in [0.25, 0.3) is 0 Å². The number of hydrogen-bond acceptors (Lipinski definition) is 5. The Labute approximate surface area is 96.4 Å². The maximum Gasteiger partial charge on any atom is 0.228 e. The lowest BCUT2D eigenvalue weighted by atomic mass is 9.87.